The summed E-state index contributed by atoms with van der Waals surface area (Å²) < 4.78 is 22.5. The Bertz CT molecular complexity index is 611. The third kappa shape index (κ3) is 4.07. The van der Waals surface area contributed by atoms with Crippen LogP contribution in [0.1, 0.15) is 23.2 Å². The number of unbranched alkanes of at least 4 members (excludes halogenated alkanes) is 1. The molecule has 0 aromatic heterocycles. The number of nitrogens with zero attached hydrogens (tertiary/aromatic N) is 1. The van der Waals surface area contributed by atoms with Crippen molar-refractivity contribution < 1.29 is 18.3 Å². The van der Waals surface area contributed by atoms with Crippen LogP contribution in [0.3, 0.4) is 0 Å². The summed E-state index contributed by atoms with van der Waals surface area (Å²) in [6.07, 6.45) is 3.44. The van der Waals surface area contributed by atoms with E-state index in [0.29, 0.717) is 12.2 Å². The molecule has 0 aliphatic heterocycles. The number of benzene rings is 1. The lowest BCUT2D eigenvalue weighted by molar-refractivity contribution is 0.0697. The van der Waals surface area contributed by atoms with E-state index >= 15 is 0 Å². The fourth-order valence-corrected chi connectivity index (χ4v) is 2.33. The lowest BCUT2D eigenvalue weighted by atomic mass is 10.1. The van der Waals surface area contributed by atoms with Crippen molar-refractivity contribution in [2.45, 2.75) is 17.7 Å². The van der Waals surface area contributed by atoms with Crippen LogP contribution >= 0.6 is 0 Å². The molecule has 20 heavy (non-hydrogen) atoms. The first-order chi connectivity index (χ1) is 9.27. The van der Waals surface area contributed by atoms with Crippen LogP contribution in [-0.4, -0.2) is 33.1 Å². The molecule has 6 nitrogen and oxygen atoms in total. The van der Waals surface area contributed by atoms with Gasteiger partial charge in [-0.1, -0.05) is 6.08 Å². The minimum atomic E-state index is -3.92. The minimum absolute atomic E-state index is 0.0855. The topological polar surface area (TPSA) is 101 Å². The average molecular weight is 298 g/mol. The molecule has 0 bridgehead atoms. The second-order valence-electron chi connectivity index (χ2n) is 4.38. The number of anilines is 1. The van der Waals surface area contributed by atoms with E-state index in [0.717, 1.165) is 18.9 Å². The van der Waals surface area contributed by atoms with Gasteiger partial charge in [0.05, 0.1) is 16.1 Å². The van der Waals surface area contributed by atoms with Crippen molar-refractivity contribution in [1.29, 1.82) is 0 Å². The zero-order valence-corrected chi connectivity index (χ0v) is 12.1. The first-order valence-corrected chi connectivity index (χ1v) is 7.54. The SMILES string of the molecule is C=CCCCN(C)c1ccc(S(N)(=O)=O)cc1C(=O)O. The fourth-order valence-electron chi connectivity index (χ4n) is 1.79. The molecule has 0 aliphatic rings. The number of nitrogens with two attached hydrogens (primary N) is 1. The summed E-state index contributed by atoms with van der Waals surface area (Å²) in [5.41, 5.74) is 0.367. The number of sulfonamides is 1. The monoisotopic (exact) mass is 298 g/mol. The number of carboxylic acids is 1. The summed E-state index contributed by atoms with van der Waals surface area (Å²) in [6.45, 7) is 4.26. The van der Waals surface area contributed by atoms with E-state index in [1.165, 1.54) is 12.1 Å². The number of hydrogen-bond acceptors (Lipinski definition) is 4. The average Bonchev–Trinajstić information content (AvgIpc) is 2.37. The Kier molecular flexibility index (Phi) is 5.29. The third-order valence-corrected chi connectivity index (χ3v) is 3.75. The molecule has 0 amide bonds. The molecule has 110 valence electrons. The normalized spacial score (nSPS) is 11.1. The zero-order chi connectivity index (χ0) is 15.3. The van der Waals surface area contributed by atoms with Crippen LogP contribution in [0.2, 0.25) is 0 Å². The number of carbonyl (C=O) groups is 1. The van der Waals surface area contributed by atoms with E-state index in [4.69, 9.17) is 5.14 Å². The highest BCUT2D eigenvalue weighted by molar-refractivity contribution is 7.89. The van der Waals surface area contributed by atoms with Gasteiger partial charge in [0.1, 0.15) is 0 Å². The molecule has 0 radical (unpaired) electrons. The Balaban J connectivity index is 3.14. The van der Waals surface area contributed by atoms with Crippen molar-refractivity contribution in [2.75, 3.05) is 18.5 Å². The Hall–Kier alpha value is -1.86. The van der Waals surface area contributed by atoms with Gasteiger partial charge in [-0.15, -0.1) is 6.58 Å². The van der Waals surface area contributed by atoms with Crippen LogP contribution in [0.4, 0.5) is 5.69 Å². The number of aromatic carboxylic acids is 1. The molecule has 0 heterocycles. The smallest absolute Gasteiger partial charge is 0.337 e. The number of primary sulfonamides is 1. The van der Waals surface area contributed by atoms with Crippen LogP contribution < -0.4 is 10.0 Å². The molecule has 0 atom stereocenters. The lowest BCUT2D eigenvalue weighted by Gasteiger charge is -2.21. The Morgan fingerprint density at radius 3 is 2.65 bits per heavy atom. The highest BCUT2D eigenvalue weighted by atomic mass is 32.2. The second kappa shape index (κ2) is 6.53. The molecule has 0 aliphatic carbocycles. The molecule has 0 saturated heterocycles. The Morgan fingerprint density at radius 1 is 1.50 bits per heavy atom. The zero-order valence-electron chi connectivity index (χ0n) is 11.2. The van der Waals surface area contributed by atoms with Crippen LogP contribution in [0.5, 0.6) is 0 Å². The van der Waals surface area contributed by atoms with Gasteiger partial charge >= 0.3 is 5.97 Å². The Morgan fingerprint density at radius 2 is 2.15 bits per heavy atom. The van der Waals surface area contributed by atoms with Gasteiger partial charge in [-0.2, -0.15) is 0 Å². The molecular formula is C13H18N2O4S. The van der Waals surface area contributed by atoms with Crippen molar-refractivity contribution >= 4 is 21.7 Å². The largest absolute Gasteiger partial charge is 0.478 e. The van der Waals surface area contributed by atoms with E-state index < -0.39 is 16.0 Å². The van der Waals surface area contributed by atoms with Crippen LogP contribution in [-0.2, 0) is 10.0 Å². The van der Waals surface area contributed by atoms with Crippen molar-refractivity contribution in [2.24, 2.45) is 5.14 Å². The van der Waals surface area contributed by atoms with Gasteiger partial charge in [-0.05, 0) is 31.0 Å². The van der Waals surface area contributed by atoms with Crippen LogP contribution in [0.25, 0.3) is 0 Å². The molecular weight excluding hydrogens is 280 g/mol. The minimum Gasteiger partial charge on any atom is -0.478 e. The van der Waals surface area contributed by atoms with Crippen molar-refractivity contribution in [3.05, 3.63) is 36.4 Å². The molecule has 1 aromatic rings. The quantitative estimate of drug-likeness (QED) is 0.586. The van der Waals surface area contributed by atoms with E-state index in [1.807, 2.05) is 0 Å². The second-order valence-corrected chi connectivity index (χ2v) is 5.94. The summed E-state index contributed by atoms with van der Waals surface area (Å²) in [5, 5.41) is 14.2. The molecule has 1 aromatic carbocycles. The molecule has 7 heteroatoms. The highest BCUT2D eigenvalue weighted by Crippen LogP contribution is 2.23. The summed E-state index contributed by atoms with van der Waals surface area (Å²) in [6, 6.07) is 3.84. The first-order valence-electron chi connectivity index (χ1n) is 5.99. The van der Waals surface area contributed by atoms with Crippen LogP contribution in [0, 0.1) is 0 Å². The van der Waals surface area contributed by atoms with Crippen molar-refractivity contribution in [3.63, 3.8) is 0 Å². The number of rotatable bonds is 7. The third-order valence-electron chi connectivity index (χ3n) is 2.84. The maximum Gasteiger partial charge on any atom is 0.337 e. The van der Waals surface area contributed by atoms with E-state index in [-0.39, 0.29) is 10.5 Å². The summed E-state index contributed by atoms with van der Waals surface area (Å²) in [5.74, 6) is -1.19. The summed E-state index contributed by atoms with van der Waals surface area (Å²) >= 11 is 0. The van der Waals surface area contributed by atoms with Gasteiger partial charge in [0, 0.05) is 13.6 Å². The molecule has 0 saturated carbocycles. The van der Waals surface area contributed by atoms with Crippen molar-refractivity contribution in [1.82, 2.24) is 0 Å². The van der Waals surface area contributed by atoms with Gasteiger partial charge in [0.25, 0.3) is 0 Å². The summed E-state index contributed by atoms with van der Waals surface area (Å²) in [4.78, 5) is 12.8. The fraction of sp³-hybridized carbons (Fsp3) is 0.308. The van der Waals surface area contributed by atoms with Crippen LogP contribution in [0.15, 0.2) is 35.7 Å². The highest BCUT2D eigenvalue weighted by Gasteiger charge is 2.17. The van der Waals surface area contributed by atoms with E-state index in [2.05, 4.69) is 6.58 Å². The van der Waals surface area contributed by atoms with E-state index in [9.17, 15) is 18.3 Å². The van der Waals surface area contributed by atoms with Gasteiger partial charge in [0.2, 0.25) is 10.0 Å². The molecule has 3 N–H and O–H groups in total. The first kappa shape index (κ1) is 16.2. The van der Waals surface area contributed by atoms with Gasteiger partial charge in [0.15, 0.2) is 0 Å². The van der Waals surface area contributed by atoms with Gasteiger partial charge in [-0.3, -0.25) is 0 Å². The molecule has 0 unspecified atom stereocenters. The lowest BCUT2D eigenvalue weighted by Crippen LogP contribution is -2.22. The van der Waals surface area contributed by atoms with Gasteiger partial charge in [-0.25, -0.2) is 18.4 Å². The van der Waals surface area contributed by atoms with Gasteiger partial charge < -0.3 is 10.0 Å². The molecule has 0 fully saturated rings. The standard InChI is InChI=1S/C13H18N2O4S/c1-3-4-5-8-15(2)12-7-6-10(20(14,18)19)9-11(12)13(16)17/h3,6-7,9H,1,4-5,8H2,2H3,(H,16,17)(H2,14,18,19). The molecule has 0 spiro atoms. The number of allylic oxidation sites excluding steroid dienone is 1. The predicted octanol–water partition coefficient (Wildman–Crippen LogP) is 1.43. The number of carboxylic acid groups (broad SMARTS) is 1. The van der Waals surface area contributed by atoms with Crippen molar-refractivity contribution in [3.8, 4) is 0 Å². The predicted molar refractivity (Wildman–Crippen MR) is 77.5 cm³/mol. The maximum atomic E-state index is 11.3. The maximum absolute atomic E-state index is 11.3. The van der Waals surface area contributed by atoms with E-state index in [1.54, 1.807) is 18.0 Å². The Labute approximate surface area is 118 Å². The molecule has 1 rings (SSSR count). The number of hydrogen-bond donors (Lipinski definition) is 2. The summed E-state index contributed by atoms with van der Waals surface area (Å²) in [7, 11) is -2.17.